The second-order valence-corrected chi connectivity index (χ2v) is 6.63. The summed E-state index contributed by atoms with van der Waals surface area (Å²) in [6.07, 6.45) is 7.46. The number of hydrogen-bond donors (Lipinski definition) is 3. The molecule has 20 heavy (non-hydrogen) atoms. The minimum absolute atomic E-state index is 0.0438. The van der Waals surface area contributed by atoms with Crippen molar-refractivity contribution < 1.29 is 4.79 Å². The van der Waals surface area contributed by atoms with Crippen LogP contribution in [-0.2, 0) is 4.79 Å². The lowest BCUT2D eigenvalue weighted by molar-refractivity contribution is -0.117. The monoisotopic (exact) mass is 274 g/mol. The normalized spacial score (nSPS) is 35.6. The Bertz CT molecular complexity index is 506. The number of fused-ring (bicyclic) bond motifs is 2. The predicted molar refractivity (Wildman–Crippen MR) is 76.4 cm³/mol. The average Bonchev–Trinajstić information content (AvgIpc) is 3.22. The molecule has 2 saturated carbocycles. The second kappa shape index (κ2) is 4.88. The topological polar surface area (TPSA) is 69.8 Å². The molecule has 1 amide bonds. The van der Waals surface area contributed by atoms with Crippen molar-refractivity contribution in [3.8, 4) is 0 Å². The molecule has 5 nitrogen and oxygen atoms in total. The highest BCUT2D eigenvalue weighted by Crippen LogP contribution is 2.52. The molecule has 2 heterocycles. The van der Waals surface area contributed by atoms with E-state index in [1.165, 1.54) is 31.4 Å². The first-order valence-corrected chi connectivity index (χ1v) is 7.89. The molecular weight excluding hydrogens is 252 g/mol. The van der Waals surface area contributed by atoms with E-state index >= 15 is 0 Å². The lowest BCUT2D eigenvalue weighted by atomic mass is 9.86. The summed E-state index contributed by atoms with van der Waals surface area (Å²) in [7, 11) is 0. The smallest absolute Gasteiger partial charge is 0.242 e. The van der Waals surface area contributed by atoms with E-state index in [2.05, 4.69) is 20.8 Å². The molecule has 0 aromatic carbocycles. The molecule has 1 aromatic rings. The Morgan fingerprint density at radius 3 is 2.95 bits per heavy atom. The Labute approximate surface area is 118 Å². The molecule has 3 N–H and O–H groups in total. The zero-order valence-electron chi connectivity index (χ0n) is 11.7. The van der Waals surface area contributed by atoms with Crippen LogP contribution < -0.4 is 10.6 Å². The number of H-pyrrole nitrogens is 1. The van der Waals surface area contributed by atoms with Crippen LogP contribution in [0.3, 0.4) is 0 Å². The molecule has 5 heteroatoms. The van der Waals surface area contributed by atoms with E-state index in [9.17, 15) is 4.79 Å². The fourth-order valence-electron chi connectivity index (χ4n) is 4.34. The summed E-state index contributed by atoms with van der Waals surface area (Å²) < 4.78 is 0. The fraction of sp³-hybridized carbons (Fsp3) is 0.733. The SMILES string of the molecule is O=C(Nc1cc(C2CC3CCC2C3)[nH]n1)C1CCCN1. The number of amides is 1. The van der Waals surface area contributed by atoms with Gasteiger partial charge in [-0.25, -0.2) is 0 Å². The highest BCUT2D eigenvalue weighted by molar-refractivity contribution is 5.94. The van der Waals surface area contributed by atoms with Crippen molar-refractivity contribution in [1.29, 1.82) is 0 Å². The molecule has 1 aromatic heterocycles. The zero-order valence-corrected chi connectivity index (χ0v) is 11.7. The number of hydrogen-bond acceptors (Lipinski definition) is 3. The van der Waals surface area contributed by atoms with Crippen LogP contribution in [-0.4, -0.2) is 28.7 Å². The largest absolute Gasteiger partial charge is 0.308 e. The highest BCUT2D eigenvalue weighted by atomic mass is 16.2. The van der Waals surface area contributed by atoms with Crippen LogP contribution in [0.5, 0.6) is 0 Å². The maximum atomic E-state index is 12.0. The minimum Gasteiger partial charge on any atom is -0.308 e. The van der Waals surface area contributed by atoms with Gasteiger partial charge in [-0.2, -0.15) is 5.10 Å². The van der Waals surface area contributed by atoms with Crippen LogP contribution >= 0.6 is 0 Å². The zero-order chi connectivity index (χ0) is 13.5. The van der Waals surface area contributed by atoms with Crippen molar-refractivity contribution in [3.05, 3.63) is 11.8 Å². The van der Waals surface area contributed by atoms with E-state index in [0.29, 0.717) is 11.7 Å². The number of carbonyl (C=O) groups excluding carboxylic acids is 1. The summed E-state index contributed by atoms with van der Waals surface area (Å²) in [6.45, 7) is 0.940. The standard InChI is InChI=1S/C15H22N4O/c20-15(12-2-1-5-16-12)17-14-8-13(18-19-14)11-7-9-3-4-10(11)6-9/h8-12,16H,1-7H2,(H2,17,18,19,20). The summed E-state index contributed by atoms with van der Waals surface area (Å²) in [6, 6.07) is 2.00. The number of carbonyl (C=O) groups is 1. The van der Waals surface area contributed by atoms with Crippen LogP contribution in [0.25, 0.3) is 0 Å². The first-order valence-electron chi connectivity index (χ1n) is 7.89. The highest BCUT2D eigenvalue weighted by Gasteiger charge is 2.41. The van der Waals surface area contributed by atoms with Crippen LogP contribution in [0.15, 0.2) is 6.07 Å². The van der Waals surface area contributed by atoms with Crippen molar-refractivity contribution in [2.45, 2.75) is 50.5 Å². The lowest BCUT2D eigenvalue weighted by Crippen LogP contribution is -2.35. The van der Waals surface area contributed by atoms with Gasteiger partial charge in [-0.3, -0.25) is 9.89 Å². The Balaban J connectivity index is 1.41. The first kappa shape index (κ1) is 12.4. The summed E-state index contributed by atoms with van der Waals surface area (Å²) in [5.74, 6) is 3.13. The van der Waals surface area contributed by atoms with Gasteiger partial charge in [-0.1, -0.05) is 6.42 Å². The van der Waals surface area contributed by atoms with Gasteiger partial charge in [0.25, 0.3) is 0 Å². The van der Waals surface area contributed by atoms with E-state index in [4.69, 9.17) is 0 Å². The third-order valence-electron chi connectivity index (χ3n) is 5.36. The maximum absolute atomic E-state index is 12.0. The molecule has 0 radical (unpaired) electrons. The van der Waals surface area contributed by atoms with Gasteiger partial charge in [0.2, 0.25) is 5.91 Å². The molecule has 108 valence electrons. The quantitative estimate of drug-likeness (QED) is 0.789. The first-order chi connectivity index (χ1) is 9.79. The van der Waals surface area contributed by atoms with E-state index in [0.717, 1.165) is 31.2 Å². The van der Waals surface area contributed by atoms with E-state index in [-0.39, 0.29) is 11.9 Å². The van der Waals surface area contributed by atoms with Crippen LogP contribution in [0.1, 0.15) is 50.1 Å². The van der Waals surface area contributed by atoms with Gasteiger partial charge < -0.3 is 10.6 Å². The molecule has 0 spiro atoms. The molecule has 4 atom stereocenters. The van der Waals surface area contributed by atoms with Gasteiger partial charge in [0.05, 0.1) is 6.04 Å². The molecule has 2 aliphatic carbocycles. The number of anilines is 1. The molecule has 4 unspecified atom stereocenters. The molecule has 4 rings (SSSR count). The molecule has 3 fully saturated rings. The van der Waals surface area contributed by atoms with E-state index in [1.54, 1.807) is 0 Å². The predicted octanol–water partition coefficient (Wildman–Crippen LogP) is 2.00. The average molecular weight is 274 g/mol. The van der Waals surface area contributed by atoms with Crippen LogP contribution in [0.4, 0.5) is 5.82 Å². The summed E-state index contributed by atoms with van der Waals surface area (Å²) in [5, 5.41) is 13.6. The maximum Gasteiger partial charge on any atom is 0.242 e. The number of rotatable bonds is 3. The van der Waals surface area contributed by atoms with Gasteiger partial charge in [0.15, 0.2) is 5.82 Å². The van der Waals surface area contributed by atoms with Crippen molar-refractivity contribution >= 4 is 11.7 Å². The van der Waals surface area contributed by atoms with Gasteiger partial charge in [-0.05, 0) is 50.5 Å². The minimum atomic E-state index is -0.0438. The van der Waals surface area contributed by atoms with Crippen LogP contribution in [0.2, 0.25) is 0 Å². The number of aromatic amines is 1. The van der Waals surface area contributed by atoms with Gasteiger partial charge >= 0.3 is 0 Å². The Morgan fingerprint density at radius 2 is 2.25 bits per heavy atom. The number of nitrogens with one attached hydrogen (secondary N) is 3. The second-order valence-electron chi connectivity index (χ2n) is 6.63. The van der Waals surface area contributed by atoms with Crippen molar-refractivity contribution in [2.75, 3.05) is 11.9 Å². The van der Waals surface area contributed by atoms with Gasteiger partial charge in [-0.15, -0.1) is 0 Å². The van der Waals surface area contributed by atoms with Crippen LogP contribution in [0, 0.1) is 11.8 Å². The number of aromatic nitrogens is 2. The van der Waals surface area contributed by atoms with Crippen molar-refractivity contribution in [2.24, 2.45) is 11.8 Å². The fourth-order valence-corrected chi connectivity index (χ4v) is 4.34. The van der Waals surface area contributed by atoms with E-state index in [1.807, 2.05) is 6.07 Å². The van der Waals surface area contributed by atoms with Crippen molar-refractivity contribution in [3.63, 3.8) is 0 Å². The molecule has 1 saturated heterocycles. The number of nitrogens with zero attached hydrogens (tertiary/aromatic N) is 1. The molecule has 1 aliphatic heterocycles. The lowest BCUT2D eigenvalue weighted by Gasteiger charge is -2.19. The Hall–Kier alpha value is -1.36. The summed E-state index contributed by atoms with van der Waals surface area (Å²) in [4.78, 5) is 12.0. The van der Waals surface area contributed by atoms with Crippen molar-refractivity contribution in [1.82, 2.24) is 15.5 Å². The van der Waals surface area contributed by atoms with Gasteiger partial charge in [0.1, 0.15) is 0 Å². The third-order valence-corrected chi connectivity index (χ3v) is 5.36. The Kier molecular flexibility index (Phi) is 3.02. The molecule has 3 aliphatic rings. The summed E-state index contributed by atoms with van der Waals surface area (Å²) >= 11 is 0. The Morgan fingerprint density at radius 1 is 1.30 bits per heavy atom. The molecule has 2 bridgehead atoms. The summed E-state index contributed by atoms with van der Waals surface area (Å²) in [5.41, 5.74) is 1.21. The molecular formula is C15H22N4O. The van der Waals surface area contributed by atoms with E-state index < -0.39 is 0 Å². The van der Waals surface area contributed by atoms with Gasteiger partial charge in [0, 0.05) is 17.7 Å². The third kappa shape index (κ3) is 2.14.